The molecule has 0 radical (unpaired) electrons. The lowest BCUT2D eigenvalue weighted by molar-refractivity contribution is -0.107. The van der Waals surface area contributed by atoms with Gasteiger partial charge in [-0.2, -0.15) is 0 Å². The van der Waals surface area contributed by atoms with E-state index in [0.29, 0.717) is 23.6 Å². The van der Waals surface area contributed by atoms with Gasteiger partial charge in [-0.1, -0.05) is 11.8 Å². The van der Waals surface area contributed by atoms with Crippen molar-refractivity contribution in [2.75, 3.05) is 19.2 Å². The van der Waals surface area contributed by atoms with Crippen molar-refractivity contribution < 1.29 is 14.6 Å². The van der Waals surface area contributed by atoms with E-state index in [-0.39, 0.29) is 11.9 Å². The summed E-state index contributed by atoms with van der Waals surface area (Å²) in [4.78, 5) is 11.4. The summed E-state index contributed by atoms with van der Waals surface area (Å²) < 4.78 is 4.72. The number of carbonyl (C=O) groups excluding carboxylic acids is 1. The maximum Gasteiger partial charge on any atom is 0.216 e. The smallest absolute Gasteiger partial charge is 0.216 e. The minimum absolute atomic E-state index is 0.00833. The van der Waals surface area contributed by atoms with Gasteiger partial charge < -0.3 is 15.6 Å². The molecule has 0 amide bonds. The average Bonchev–Trinajstić information content (AvgIpc) is 2.16. The zero-order valence-electron chi connectivity index (χ0n) is 8.58. The van der Waals surface area contributed by atoms with Crippen LogP contribution in [0, 0.1) is 0 Å². The number of thioether (sulfide) groups is 1. The second kappa shape index (κ2) is 7.84. The van der Waals surface area contributed by atoms with E-state index >= 15 is 0 Å². The molecule has 0 aliphatic carbocycles. The number of ether oxygens (including phenoxy) is 1. The molecule has 14 heavy (non-hydrogen) atoms. The number of aliphatic hydroxyl groups excluding tert-OH is 1. The minimum atomic E-state index is -0.264. The molecule has 5 heteroatoms. The summed E-state index contributed by atoms with van der Waals surface area (Å²) in [5, 5.41) is 8.32. The first-order valence-electron chi connectivity index (χ1n) is 4.38. The zero-order chi connectivity index (χ0) is 11.0. The van der Waals surface area contributed by atoms with Crippen molar-refractivity contribution in [1.82, 2.24) is 0 Å². The molecule has 0 aromatic carbocycles. The standard InChI is InChI=1S/C9H17NO3S/c1-7(8(2)10)9(12)14-5-3-4-13-6-11/h11H,3-6,10H2,1-2H3/b8-7+. The van der Waals surface area contributed by atoms with Gasteiger partial charge in [0.1, 0.15) is 6.79 Å². The highest BCUT2D eigenvalue weighted by atomic mass is 32.2. The quantitative estimate of drug-likeness (QED) is 0.394. The Balaban J connectivity index is 3.60. The Bertz CT molecular complexity index is 212. The van der Waals surface area contributed by atoms with Crippen LogP contribution in [0.2, 0.25) is 0 Å². The molecule has 0 aromatic rings. The van der Waals surface area contributed by atoms with Crippen LogP contribution in [0.15, 0.2) is 11.3 Å². The molecule has 0 aliphatic rings. The lowest BCUT2D eigenvalue weighted by Crippen LogP contribution is -2.04. The normalized spacial score (nSPS) is 12.5. The lowest BCUT2D eigenvalue weighted by Gasteiger charge is -2.02. The third-order valence-corrected chi connectivity index (χ3v) is 2.72. The van der Waals surface area contributed by atoms with Gasteiger partial charge in [0.15, 0.2) is 0 Å². The third-order valence-electron chi connectivity index (χ3n) is 1.66. The second-order valence-electron chi connectivity index (χ2n) is 2.83. The molecule has 0 saturated carbocycles. The number of allylic oxidation sites excluding steroid dienone is 1. The van der Waals surface area contributed by atoms with Gasteiger partial charge in [0, 0.05) is 17.0 Å². The number of carbonyl (C=O) groups is 1. The molecule has 0 bridgehead atoms. The fraction of sp³-hybridized carbons (Fsp3) is 0.667. The van der Waals surface area contributed by atoms with Gasteiger partial charge in [0.2, 0.25) is 5.12 Å². The maximum absolute atomic E-state index is 11.4. The van der Waals surface area contributed by atoms with Crippen molar-refractivity contribution in [3.8, 4) is 0 Å². The van der Waals surface area contributed by atoms with Gasteiger partial charge in [-0.05, 0) is 20.3 Å². The van der Waals surface area contributed by atoms with Crippen LogP contribution in [0.3, 0.4) is 0 Å². The molecule has 82 valence electrons. The largest absolute Gasteiger partial charge is 0.402 e. The predicted octanol–water partition coefficient (Wildman–Crippen LogP) is 0.855. The first kappa shape index (κ1) is 13.5. The Morgan fingerprint density at radius 3 is 2.64 bits per heavy atom. The molecule has 0 spiro atoms. The fourth-order valence-corrected chi connectivity index (χ4v) is 1.48. The van der Waals surface area contributed by atoms with E-state index in [1.54, 1.807) is 13.8 Å². The van der Waals surface area contributed by atoms with Gasteiger partial charge in [-0.3, -0.25) is 4.79 Å². The molecule has 0 aromatic heterocycles. The van der Waals surface area contributed by atoms with Gasteiger partial charge in [-0.25, -0.2) is 0 Å². The van der Waals surface area contributed by atoms with E-state index in [1.165, 1.54) is 11.8 Å². The van der Waals surface area contributed by atoms with Crippen molar-refractivity contribution in [1.29, 1.82) is 0 Å². The van der Waals surface area contributed by atoms with Crippen LogP contribution in [0.4, 0.5) is 0 Å². The number of aliphatic hydroxyl groups is 1. The van der Waals surface area contributed by atoms with Crippen LogP contribution in [0.25, 0.3) is 0 Å². The van der Waals surface area contributed by atoms with Gasteiger partial charge >= 0.3 is 0 Å². The Morgan fingerprint density at radius 1 is 1.50 bits per heavy atom. The van der Waals surface area contributed by atoms with Crippen molar-refractivity contribution in [3.05, 3.63) is 11.3 Å². The molecular weight excluding hydrogens is 202 g/mol. The van der Waals surface area contributed by atoms with Crippen LogP contribution >= 0.6 is 11.8 Å². The molecular formula is C9H17NO3S. The van der Waals surface area contributed by atoms with Gasteiger partial charge in [0.05, 0.1) is 6.61 Å². The summed E-state index contributed by atoms with van der Waals surface area (Å²) in [6.45, 7) is 3.64. The first-order chi connectivity index (χ1) is 6.59. The molecule has 0 unspecified atom stereocenters. The van der Waals surface area contributed by atoms with E-state index in [9.17, 15) is 4.79 Å². The highest BCUT2D eigenvalue weighted by Crippen LogP contribution is 2.12. The van der Waals surface area contributed by atoms with Crippen molar-refractivity contribution in [2.45, 2.75) is 20.3 Å². The molecule has 3 N–H and O–H groups in total. The number of rotatable bonds is 6. The maximum atomic E-state index is 11.4. The zero-order valence-corrected chi connectivity index (χ0v) is 9.39. The number of hydrogen-bond donors (Lipinski definition) is 2. The first-order valence-corrected chi connectivity index (χ1v) is 5.36. The highest BCUT2D eigenvalue weighted by Gasteiger charge is 2.06. The third kappa shape index (κ3) is 6.01. The van der Waals surface area contributed by atoms with Crippen LogP contribution < -0.4 is 5.73 Å². The SMILES string of the molecule is C/C(N)=C(/C)C(=O)SCCCOCO. The van der Waals surface area contributed by atoms with E-state index < -0.39 is 0 Å². The van der Waals surface area contributed by atoms with Crippen LogP contribution in [-0.4, -0.2) is 29.4 Å². The van der Waals surface area contributed by atoms with E-state index in [4.69, 9.17) is 15.6 Å². The Labute approximate surface area is 88.5 Å². The predicted molar refractivity (Wildman–Crippen MR) is 57.7 cm³/mol. The van der Waals surface area contributed by atoms with Crippen LogP contribution in [0.1, 0.15) is 20.3 Å². The van der Waals surface area contributed by atoms with Crippen molar-refractivity contribution in [2.24, 2.45) is 5.73 Å². The summed E-state index contributed by atoms with van der Waals surface area (Å²) in [5.41, 5.74) is 6.65. The summed E-state index contributed by atoms with van der Waals surface area (Å²) >= 11 is 1.22. The molecule has 4 nitrogen and oxygen atoms in total. The van der Waals surface area contributed by atoms with E-state index in [1.807, 2.05) is 0 Å². The summed E-state index contributed by atoms with van der Waals surface area (Å²) in [7, 11) is 0. The second-order valence-corrected chi connectivity index (χ2v) is 3.90. The Hall–Kier alpha value is -0.520. The summed E-state index contributed by atoms with van der Waals surface area (Å²) in [6.07, 6.45) is 0.744. The summed E-state index contributed by atoms with van der Waals surface area (Å²) in [6, 6.07) is 0. The molecule has 0 rings (SSSR count). The van der Waals surface area contributed by atoms with Crippen molar-refractivity contribution in [3.63, 3.8) is 0 Å². The monoisotopic (exact) mass is 219 g/mol. The number of hydrogen-bond acceptors (Lipinski definition) is 5. The van der Waals surface area contributed by atoms with E-state index in [2.05, 4.69) is 0 Å². The average molecular weight is 219 g/mol. The van der Waals surface area contributed by atoms with Gasteiger partial charge in [-0.15, -0.1) is 0 Å². The molecule has 0 atom stereocenters. The topological polar surface area (TPSA) is 72.6 Å². The number of nitrogens with two attached hydrogens (primary N) is 1. The minimum Gasteiger partial charge on any atom is -0.402 e. The molecule has 0 saturated heterocycles. The highest BCUT2D eigenvalue weighted by molar-refractivity contribution is 8.14. The van der Waals surface area contributed by atoms with Crippen molar-refractivity contribution >= 4 is 16.9 Å². The van der Waals surface area contributed by atoms with Gasteiger partial charge in [0.25, 0.3) is 0 Å². The fourth-order valence-electron chi connectivity index (χ4n) is 0.660. The van der Waals surface area contributed by atoms with Crippen LogP contribution in [-0.2, 0) is 9.53 Å². The Kier molecular flexibility index (Phi) is 7.55. The molecule has 0 aliphatic heterocycles. The lowest BCUT2D eigenvalue weighted by atomic mass is 10.3. The van der Waals surface area contributed by atoms with Crippen LogP contribution in [0.5, 0.6) is 0 Å². The summed E-state index contributed by atoms with van der Waals surface area (Å²) in [5.74, 6) is 0.684. The Morgan fingerprint density at radius 2 is 2.14 bits per heavy atom. The molecule has 0 fully saturated rings. The molecule has 0 heterocycles. The van der Waals surface area contributed by atoms with E-state index in [0.717, 1.165) is 6.42 Å².